The van der Waals surface area contributed by atoms with E-state index in [4.69, 9.17) is 4.74 Å². The van der Waals surface area contributed by atoms with E-state index in [1.165, 1.54) is 11.1 Å². The fraction of sp³-hybridized carbons (Fsp3) is 0.625. The lowest BCUT2D eigenvalue weighted by molar-refractivity contribution is 0.0208. The molecule has 1 aromatic carbocycles. The number of hydrogen-bond donors (Lipinski definition) is 1. The molecule has 0 bridgehead atoms. The van der Waals surface area contributed by atoms with Gasteiger partial charge in [0.2, 0.25) is 0 Å². The zero-order valence-electron chi connectivity index (χ0n) is 12.4. The summed E-state index contributed by atoms with van der Waals surface area (Å²) in [6, 6.07) is 9.40. The lowest BCUT2D eigenvalue weighted by Gasteiger charge is -2.34. The van der Waals surface area contributed by atoms with Gasteiger partial charge in [0.15, 0.2) is 0 Å². The van der Waals surface area contributed by atoms with Crippen molar-refractivity contribution in [2.45, 2.75) is 25.9 Å². The maximum absolute atomic E-state index is 5.61. The second-order valence-electron chi connectivity index (χ2n) is 5.70. The van der Waals surface area contributed by atoms with Gasteiger partial charge in [-0.2, -0.15) is 0 Å². The maximum atomic E-state index is 5.61. The quantitative estimate of drug-likeness (QED) is 0.879. The van der Waals surface area contributed by atoms with Crippen molar-refractivity contribution in [1.82, 2.24) is 10.2 Å². The molecule has 19 heavy (non-hydrogen) atoms. The number of benzene rings is 1. The van der Waals surface area contributed by atoms with Crippen LogP contribution in [-0.2, 0) is 11.3 Å². The highest BCUT2D eigenvalue weighted by Crippen LogP contribution is 2.16. The van der Waals surface area contributed by atoms with Crippen LogP contribution < -0.4 is 5.32 Å². The molecule has 2 unspecified atom stereocenters. The van der Waals surface area contributed by atoms with E-state index in [1.54, 1.807) is 0 Å². The van der Waals surface area contributed by atoms with Crippen LogP contribution in [0.25, 0.3) is 0 Å². The van der Waals surface area contributed by atoms with Gasteiger partial charge in [0, 0.05) is 31.7 Å². The molecule has 1 N–H and O–H groups in total. The van der Waals surface area contributed by atoms with Gasteiger partial charge in [-0.15, -0.1) is 0 Å². The van der Waals surface area contributed by atoms with Crippen LogP contribution in [0.5, 0.6) is 0 Å². The lowest BCUT2D eigenvalue weighted by atomic mass is 9.95. The largest absolute Gasteiger partial charge is 0.381 e. The number of nitrogens with one attached hydrogen (secondary N) is 1. The Hall–Kier alpha value is -0.900. The van der Waals surface area contributed by atoms with Gasteiger partial charge in [-0.25, -0.2) is 0 Å². The smallest absolute Gasteiger partial charge is 0.0521 e. The first-order chi connectivity index (χ1) is 9.19. The normalized spacial score (nSPS) is 23.8. The number of aryl methyl sites for hydroxylation is 1. The number of rotatable bonds is 5. The molecule has 106 valence electrons. The van der Waals surface area contributed by atoms with Crippen LogP contribution in [0.2, 0.25) is 0 Å². The van der Waals surface area contributed by atoms with Gasteiger partial charge in [0.05, 0.1) is 6.61 Å². The molecule has 3 nitrogen and oxygen atoms in total. The molecule has 0 radical (unpaired) electrons. The minimum atomic E-state index is 0.592. The van der Waals surface area contributed by atoms with E-state index in [1.807, 2.05) is 0 Å². The average Bonchev–Trinajstić information content (AvgIpc) is 2.42. The summed E-state index contributed by atoms with van der Waals surface area (Å²) in [5, 5.41) is 3.42. The topological polar surface area (TPSA) is 24.5 Å². The van der Waals surface area contributed by atoms with Crippen molar-refractivity contribution in [2.75, 3.05) is 33.9 Å². The minimum Gasteiger partial charge on any atom is -0.381 e. The third-order valence-corrected chi connectivity index (χ3v) is 3.96. The van der Waals surface area contributed by atoms with Crippen LogP contribution >= 0.6 is 0 Å². The Morgan fingerprint density at radius 3 is 2.74 bits per heavy atom. The first kappa shape index (κ1) is 14.5. The van der Waals surface area contributed by atoms with E-state index >= 15 is 0 Å². The SMILES string of the molecule is CNC1CCOCC1CN(C)Cc1ccc(C)cc1. The van der Waals surface area contributed by atoms with E-state index in [0.29, 0.717) is 12.0 Å². The van der Waals surface area contributed by atoms with Gasteiger partial charge in [-0.05, 0) is 33.0 Å². The number of ether oxygens (including phenoxy) is 1. The first-order valence-corrected chi connectivity index (χ1v) is 7.18. The highest BCUT2D eigenvalue weighted by atomic mass is 16.5. The van der Waals surface area contributed by atoms with Gasteiger partial charge in [-0.1, -0.05) is 29.8 Å². The number of hydrogen-bond acceptors (Lipinski definition) is 3. The zero-order chi connectivity index (χ0) is 13.7. The third-order valence-electron chi connectivity index (χ3n) is 3.96. The zero-order valence-corrected chi connectivity index (χ0v) is 12.4. The number of nitrogens with zero attached hydrogens (tertiary/aromatic N) is 1. The Bertz CT molecular complexity index is 377. The van der Waals surface area contributed by atoms with Crippen LogP contribution in [0.4, 0.5) is 0 Å². The molecule has 1 saturated heterocycles. The Morgan fingerprint density at radius 1 is 1.32 bits per heavy atom. The highest BCUT2D eigenvalue weighted by Gasteiger charge is 2.25. The molecule has 0 saturated carbocycles. The predicted octanol–water partition coefficient (Wildman–Crippen LogP) is 2.05. The monoisotopic (exact) mass is 262 g/mol. The molecule has 0 amide bonds. The Kier molecular flexibility index (Phi) is 5.37. The summed E-state index contributed by atoms with van der Waals surface area (Å²) in [4.78, 5) is 2.40. The van der Waals surface area contributed by atoms with Gasteiger partial charge < -0.3 is 15.0 Å². The molecule has 0 spiro atoms. The lowest BCUT2D eigenvalue weighted by Crippen LogP contribution is -2.45. The van der Waals surface area contributed by atoms with E-state index in [0.717, 1.165) is 32.7 Å². The van der Waals surface area contributed by atoms with Gasteiger partial charge in [0.25, 0.3) is 0 Å². The first-order valence-electron chi connectivity index (χ1n) is 7.18. The summed E-state index contributed by atoms with van der Waals surface area (Å²) in [6.07, 6.45) is 1.12. The molecule has 1 fully saturated rings. The van der Waals surface area contributed by atoms with Crippen LogP contribution in [0, 0.1) is 12.8 Å². The van der Waals surface area contributed by atoms with E-state index in [9.17, 15) is 0 Å². The van der Waals surface area contributed by atoms with Crippen LogP contribution in [0.3, 0.4) is 0 Å². The second-order valence-corrected chi connectivity index (χ2v) is 5.70. The molecule has 1 aliphatic rings. The standard InChI is InChI=1S/C16H26N2O/c1-13-4-6-14(7-5-13)10-18(3)11-15-12-19-9-8-16(15)17-2/h4-7,15-17H,8-12H2,1-3H3. The summed E-state index contributed by atoms with van der Waals surface area (Å²) in [7, 11) is 4.25. The Morgan fingerprint density at radius 2 is 2.05 bits per heavy atom. The minimum absolute atomic E-state index is 0.592. The Labute approximate surface area is 116 Å². The van der Waals surface area contributed by atoms with Crippen LogP contribution in [-0.4, -0.2) is 44.8 Å². The van der Waals surface area contributed by atoms with Crippen molar-refractivity contribution in [1.29, 1.82) is 0 Å². The van der Waals surface area contributed by atoms with Crippen molar-refractivity contribution < 1.29 is 4.74 Å². The molecule has 1 aliphatic heterocycles. The summed E-state index contributed by atoms with van der Waals surface area (Å²) >= 11 is 0. The van der Waals surface area contributed by atoms with Crippen molar-refractivity contribution in [3.05, 3.63) is 35.4 Å². The fourth-order valence-corrected chi connectivity index (χ4v) is 2.83. The summed E-state index contributed by atoms with van der Waals surface area (Å²) in [5.41, 5.74) is 2.70. The van der Waals surface area contributed by atoms with Crippen molar-refractivity contribution >= 4 is 0 Å². The molecule has 2 atom stereocenters. The van der Waals surface area contributed by atoms with Crippen LogP contribution in [0.15, 0.2) is 24.3 Å². The molecule has 2 rings (SSSR count). The van der Waals surface area contributed by atoms with Gasteiger partial charge in [-0.3, -0.25) is 0 Å². The third kappa shape index (κ3) is 4.30. The van der Waals surface area contributed by atoms with Gasteiger partial charge >= 0.3 is 0 Å². The summed E-state index contributed by atoms with van der Waals surface area (Å²) < 4.78 is 5.61. The fourth-order valence-electron chi connectivity index (χ4n) is 2.83. The van der Waals surface area contributed by atoms with Crippen molar-refractivity contribution in [2.24, 2.45) is 5.92 Å². The van der Waals surface area contributed by atoms with E-state index in [-0.39, 0.29) is 0 Å². The van der Waals surface area contributed by atoms with E-state index in [2.05, 4.69) is 55.5 Å². The molecule has 1 aromatic rings. The second kappa shape index (κ2) is 7.04. The molecule has 0 aliphatic carbocycles. The van der Waals surface area contributed by atoms with Crippen molar-refractivity contribution in [3.63, 3.8) is 0 Å². The summed E-state index contributed by atoms with van der Waals surface area (Å²) in [5.74, 6) is 0.592. The van der Waals surface area contributed by atoms with E-state index < -0.39 is 0 Å². The predicted molar refractivity (Wildman–Crippen MR) is 79.3 cm³/mol. The highest BCUT2D eigenvalue weighted by molar-refractivity contribution is 5.21. The molecular weight excluding hydrogens is 236 g/mol. The van der Waals surface area contributed by atoms with Gasteiger partial charge in [0.1, 0.15) is 0 Å². The summed E-state index contributed by atoms with van der Waals surface area (Å²) in [6.45, 7) is 5.99. The Balaban J connectivity index is 1.86. The average molecular weight is 262 g/mol. The molecule has 3 heteroatoms. The molecule has 0 aromatic heterocycles. The maximum Gasteiger partial charge on any atom is 0.0521 e. The molecule has 1 heterocycles. The van der Waals surface area contributed by atoms with Crippen molar-refractivity contribution in [3.8, 4) is 0 Å². The molecular formula is C16H26N2O. The van der Waals surface area contributed by atoms with Crippen LogP contribution in [0.1, 0.15) is 17.5 Å².